The van der Waals surface area contributed by atoms with Crippen LogP contribution in [0.25, 0.3) is 5.69 Å². The number of ether oxygens (including phenoxy) is 3. The van der Waals surface area contributed by atoms with E-state index in [9.17, 15) is 9.59 Å². The quantitative estimate of drug-likeness (QED) is 0.322. The van der Waals surface area contributed by atoms with Gasteiger partial charge in [-0.1, -0.05) is 36.4 Å². The number of aromatic amines is 1. The number of anilines is 1. The zero-order chi connectivity index (χ0) is 27.8. The maximum atomic E-state index is 13.9. The van der Waals surface area contributed by atoms with Crippen LogP contribution in [0.3, 0.4) is 0 Å². The van der Waals surface area contributed by atoms with E-state index >= 15 is 0 Å². The van der Waals surface area contributed by atoms with Gasteiger partial charge in [-0.3, -0.25) is 14.7 Å². The van der Waals surface area contributed by atoms with Gasteiger partial charge in [0.15, 0.2) is 17.3 Å². The first kappa shape index (κ1) is 25.6. The van der Waals surface area contributed by atoms with Crippen molar-refractivity contribution < 1.29 is 19.0 Å². The van der Waals surface area contributed by atoms with Gasteiger partial charge in [0.25, 0.3) is 5.56 Å². The summed E-state index contributed by atoms with van der Waals surface area (Å²) < 4.78 is 18.1. The van der Waals surface area contributed by atoms with Gasteiger partial charge in [-0.05, 0) is 66.8 Å². The number of nitrogens with zero attached hydrogens (tertiary/aromatic N) is 1. The molecule has 0 saturated heterocycles. The SMILES string of the molecule is CCOc1ccc([C@@H]2C3=C(C[C@@H](c4ccc(OC)c(OC)c4)CC3=O)Nc3[nH]n(-c4ccccc4)c(=O)c32)cc1. The Labute approximate surface area is 232 Å². The van der Waals surface area contributed by atoms with Crippen molar-refractivity contribution in [2.45, 2.75) is 31.6 Å². The van der Waals surface area contributed by atoms with E-state index in [1.54, 1.807) is 14.2 Å². The number of fused-ring (bicyclic) bond motifs is 1. The van der Waals surface area contributed by atoms with Gasteiger partial charge in [-0.25, -0.2) is 4.68 Å². The van der Waals surface area contributed by atoms with Crippen LogP contribution in [0.2, 0.25) is 0 Å². The number of hydrogen-bond donors (Lipinski definition) is 2. The number of carbonyl (C=O) groups is 1. The highest BCUT2D eigenvalue weighted by atomic mass is 16.5. The molecule has 6 rings (SSSR count). The molecule has 2 aliphatic rings. The fraction of sp³-hybridized carbons (Fsp3) is 0.250. The molecule has 40 heavy (non-hydrogen) atoms. The number of carbonyl (C=O) groups excluding carboxylic acids is 1. The third-order valence-corrected chi connectivity index (χ3v) is 7.71. The van der Waals surface area contributed by atoms with Crippen LogP contribution in [0, 0.1) is 0 Å². The van der Waals surface area contributed by atoms with E-state index in [1.165, 1.54) is 4.68 Å². The standard InChI is InChI=1S/C32H31N3O5/c1-4-40-23-13-10-19(11-14-23)28-29-24(33-31-30(28)32(37)35(34-31)22-8-6-5-7-9-22)16-21(17-25(29)36)20-12-15-26(38-2)27(18-20)39-3/h5-15,18,21,28,33-34H,4,16-17H2,1-3H3/t21-,28-/m1/s1. The topological polar surface area (TPSA) is 94.6 Å². The summed E-state index contributed by atoms with van der Waals surface area (Å²) in [6.45, 7) is 2.49. The average molecular weight is 538 g/mol. The van der Waals surface area contributed by atoms with Gasteiger partial charge in [0.1, 0.15) is 11.6 Å². The summed E-state index contributed by atoms with van der Waals surface area (Å²) >= 11 is 0. The molecule has 2 atom stereocenters. The van der Waals surface area contributed by atoms with Crippen molar-refractivity contribution in [3.8, 4) is 22.9 Å². The Morgan fingerprint density at radius 2 is 1.60 bits per heavy atom. The molecule has 2 heterocycles. The zero-order valence-corrected chi connectivity index (χ0v) is 22.7. The Bertz CT molecular complexity index is 1650. The molecule has 0 bridgehead atoms. The van der Waals surface area contributed by atoms with E-state index in [2.05, 4.69) is 10.4 Å². The molecular weight excluding hydrogens is 506 g/mol. The van der Waals surface area contributed by atoms with E-state index in [4.69, 9.17) is 14.2 Å². The van der Waals surface area contributed by atoms with Crippen LogP contribution in [0.5, 0.6) is 17.2 Å². The first-order chi connectivity index (χ1) is 19.5. The maximum absolute atomic E-state index is 13.9. The van der Waals surface area contributed by atoms with Gasteiger partial charge >= 0.3 is 0 Å². The molecule has 1 aromatic heterocycles. The number of aromatic nitrogens is 2. The highest BCUT2D eigenvalue weighted by molar-refractivity contribution is 6.01. The van der Waals surface area contributed by atoms with Crippen molar-refractivity contribution in [2.75, 3.05) is 26.1 Å². The van der Waals surface area contributed by atoms with Gasteiger partial charge < -0.3 is 19.5 Å². The largest absolute Gasteiger partial charge is 0.494 e. The minimum absolute atomic E-state index is 0.0185. The van der Waals surface area contributed by atoms with E-state index in [0.717, 1.165) is 28.3 Å². The molecule has 0 radical (unpaired) electrons. The van der Waals surface area contributed by atoms with Crippen molar-refractivity contribution in [2.24, 2.45) is 0 Å². The van der Waals surface area contributed by atoms with Gasteiger partial charge in [0.2, 0.25) is 0 Å². The van der Waals surface area contributed by atoms with E-state index in [1.807, 2.05) is 79.7 Å². The van der Waals surface area contributed by atoms with Crippen LogP contribution in [0.1, 0.15) is 48.3 Å². The Kier molecular flexibility index (Phi) is 6.67. The van der Waals surface area contributed by atoms with Crippen molar-refractivity contribution in [1.29, 1.82) is 0 Å². The first-order valence-electron chi connectivity index (χ1n) is 13.4. The first-order valence-corrected chi connectivity index (χ1v) is 13.4. The zero-order valence-electron chi connectivity index (χ0n) is 22.7. The molecule has 1 aliphatic carbocycles. The molecule has 0 saturated carbocycles. The van der Waals surface area contributed by atoms with Crippen molar-refractivity contribution in [3.05, 3.63) is 111 Å². The summed E-state index contributed by atoms with van der Waals surface area (Å²) in [4.78, 5) is 27.8. The van der Waals surface area contributed by atoms with E-state index in [-0.39, 0.29) is 17.3 Å². The summed E-state index contributed by atoms with van der Waals surface area (Å²) in [6, 6.07) is 22.9. The third-order valence-electron chi connectivity index (χ3n) is 7.71. The van der Waals surface area contributed by atoms with Crippen LogP contribution >= 0.6 is 0 Å². The number of allylic oxidation sites excluding steroid dienone is 2. The number of para-hydroxylation sites is 1. The molecule has 0 spiro atoms. The number of methoxy groups -OCH3 is 2. The molecule has 0 fully saturated rings. The highest BCUT2D eigenvalue weighted by Crippen LogP contribution is 2.47. The number of rotatable bonds is 7. The lowest BCUT2D eigenvalue weighted by Crippen LogP contribution is -2.32. The minimum Gasteiger partial charge on any atom is -0.494 e. The Morgan fingerprint density at radius 1 is 0.875 bits per heavy atom. The summed E-state index contributed by atoms with van der Waals surface area (Å²) in [6.07, 6.45) is 0.943. The number of hydrogen-bond acceptors (Lipinski definition) is 6. The number of benzene rings is 3. The summed E-state index contributed by atoms with van der Waals surface area (Å²) in [7, 11) is 3.21. The molecule has 204 valence electrons. The van der Waals surface area contributed by atoms with Crippen molar-refractivity contribution in [3.63, 3.8) is 0 Å². The Balaban J connectivity index is 1.46. The van der Waals surface area contributed by atoms with Gasteiger partial charge in [-0.2, -0.15) is 0 Å². The summed E-state index contributed by atoms with van der Waals surface area (Å²) in [5, 5.41) is 6.72. The summed E-state index contributed by atoms with van der Waals surface area (Å²) in [5.74, 6) is 2.08. The molecule has 0 amide bonds. The predicted octanol–water partition coefficient (Wildman–Crippen LogP) is 5.54. The number of Topliss-reactive ketones (excluding diaryl/α,β-unsaturated/α-hetero) is 1. The second-order valence-corrected chi connectivity index (χ2v) is 9.97. The number of nitrogens with one attached hydrogen (secondary N) is 2. The fourth-order valence-corrected chi connectivity index (χ4v) is 5.85. The monoisotopic (exact) mass is 537 g/mol. The molecule has 2 N–H and O–H groups in total. The lowest BCUT2D eigenvalue weighted by Gasteiger charge is -2.34. The molecular formula is C32H31N3O5. The van der Waals surface area contributed by atoms with Crippen LogP contribution in [-0.4, -0.2) is 36.4 Å². The number of H-pyrrole nitrogens is 1. The summed E-state index contributed by atoms with van der Waals surface area (Å²) in [5.41, 5.74) is 4.40. The fourth-order valence-electron chi connectivity index (χ4n) is 5.85. The Morgan fingerprint density at radius 3 is 2.30 bits per heavy atom. The predicted molar refractivity (Wildman–Crippen MR) is 153 cm³/mol. The van der Waals surface area contributed by atoms with Crippen LogP contribution in [0.4, 0.5) is 5.82 Å². The smallest absolute Gasteiger partial charge is 0.277 e. The van der Waals surface area contributed by atoms with Gasteiger partial charge in [0, 0.05) is 23.6 Å². The van der Waals surface area contributed by atoms with Crippen molar-refractivity contribution in [1.82, 2.24) is 9.78 Å². The lowest BCUT2D eigenvalue weighted by atomic mass is 9.73. The van der Waals surface area contributed by atoms with Gasteiger partial charge in [0.05, 0.1) is 32.1 Å². The van der Waals surface area contributed by atoms with Crippen LogP contribution in [-0.2, 0) is 4.79 Å². The highest BCUT2D eigenvalue weighted by Gasteiger charge is 2.41. The Hall–Kier alpha value is -4.72. The number of ketones is 1. The van der Waals surface area contributed by atoms with Gasteiger partial charge in [-0.15, -0.1) is 0 Å². The molecule has 8 heteroatoms. The lowest BCUT2D eigenvalue weighted by molar-refractivity contribution is -0.116. The normalized spacial score (nSPS) is 18.0. The average Bonchev–Trinajstić information content (AvgIpc) is 3.32. The van der Waals surface area contributed by atoms with E-state index in [0.29, 0.717) is 47.9 Å². The van der Waals surface area contributed by atoms with Crippen LogP contribution < -0.4 is 25.1 Å². The second kappa shape index (κ2) is 10.4. The molecule has 0 unspecified atom stereocenters. The van der Waals surface area contributed by atoms with E-state index < -0.39 is 5.92 Å². The molecule has 3 aromatic carbocycles. The second-order valence-electron chi connectivity index (χ2n) is 9.97. The maximum Gasteiger partial charge on any atom is 0.277 e. The molecule has 4 aromatic rings. The molecule has 8 nitrogen and oxygen atoms in total. The third kappa shape index (κ3) is 4.35. The van der Waals surface area contributed by atoms with Crippen molar-refractivity contribution >= 4 is 11.6 Å². The minimum atomic E-state index is -0.505. The molecule has 1 aliphatic heterocycles. The van der Waals surface area contributed by atoms with Crippen LogP contribution in [0.15, 0.2) is 88.9 Å².